The first-order valence-electron chi connectivity index (χ1n) is 7.63. The second-order valence-corrected chi connectivity index (χ2v) is 5.56. The summed E-state index contributed by atoms with van der Waals surface area (Å²) in [6, 6.07) is 27.6. The summed E-state index contributed by atoms with van der Waals surface area (Å²) in [5, 5.41) is 11.2. The summed E-state index contributed by atoms with van der Waals surface area (Å²) in [5.74, 6) is 6.69. The molecule has 0 aliphatic rings. The Labute approximate surface area is 136 Å². The maximum absolute atomic E-state index is 9.41. The molecule has 3 rings (SSSR count). The number of nitrogens with two attached hydrogens (primary N) is 1. The highest BCUT2D eigenvalue weighted by molar-refractivity contribution is 5.32. The topological polar surface area (TPSA) is 49.5 Å². The van der Waals surface area contributed by atoms with Crippen molar-refractivity contribution in [1.82, 2.24) is 5.01 Å². The van der Waals surface area contributed by atoms with Gasteiger partial charge in [-0.3, -0.25) is 5.84 Å². The third kappa shape index (κ3) is 3.77. The van der Waals surface area contributed by atoms with Gasteiger partial charge in [0.1, 0.15) is 5.75 Å². The van der Waals surface area contributed by atoms with Gasteiger partial charge in [-0.15, -0.1) is 0 Å². The summed E-state index contributed by atoms with van der Waals surface area (Å²) >= 11 is 0. The molecule has 0 aliphatic heterocycles. The molecule has 0 unspecified atom stereocenters. The zero-order valence-electron chi connectivity index (χ0n) is 12.8. The fourth-order valence-electron chi connectivity index (χ4n) is 2.75. The predicted molar refractivity (Wildman–Crippen MR) is 92.6 cm³/mol. The van der Waals surface area contributed by atoms with Crippen LogP contribution in [0.4, 0.5) is 0 Å². The van der Waals surface area contributed by atoms with Crippen molar-refractivity contribution < 1.29 is 5.11 Å². The van der Waals surface area contributed by atoms with Crippen molar-refractivity contribution >= 4 is 0 Å². The number of hydrogen-bond acceptors (Lipinski definition) is 3. The predicted octanol–water partition coefficient (Wildman–Crippen LogP) is 3.86. The van der Waals surface area contributed by atoms with E-state index in [0.717, 1.165) is 16.7 Å². The van der Waals surface area contributed by atoms with Crippen LogP contribution in [0.1, 0.15) is 22.7 Å². The van der Waals surface area contributed by atoms with Crippen LogP contribution in [-0.2, 0) is 6.54 Å². The molecular weight excluding hydrogens is 284 g/mol. The van der Waals surface area contributed by atoms with Crippen LogP contribution < -0.4 is 5.84 Å². The maximum atomic E-state index is 9.41. The van der Waals surface area contributed by atoms with Crippen molar-refractivity contribution in [3.05, 3.63) is 102 Å². The molecule has 0 spiro atoms. The van der Waals surface area contributed by atoms with E-state index in [2.05, 4.69) is 24.3 Å². The molecule has 116 valence electrons. The van der Waals surface area contributed by atoms with Crippen molar-refractivity contribution in [2.24, 2.45) is 5.84 Å². The molecule has 0 aliphatic carbocycles. The van der Waals surface area contributed by atoms with E-state index in [1.54, 1.807) is 12.1 Å². The van der Waals surface area contributed by atoms with Crippen LogP contribution >= 0.6 is 0 Å². The Morgan fingerprint density at radius 1 is 0.739 bits per heavy atom. The number of aromatic hydroxyl groups is 1. The molecule has 0 bridgehead atoms. The van der Waals surface area contributed by atoms with E-state index >= 15 is 0 Å². The molecule has 3 N–H and O–H groups in total. The van der Waals surface area contributed by atoms with Crippen LogP contribution in [0.5, 0.6) is 5.75 Å². The van der Waals surface area contributed by atoms with Crippen LogP contribution in [0.25, 0.3) is 0 Å². The van der Waals surface area contributed by atoms with Gasteiger partial charge < -0.3 is 5.11 Å². The van der Waals surface area contributed by atoms with Crippen LogP contribution in [0.15, 0.2) is 84.9 Å². The van der Waals surface area contributed by atoms with Gasteiger partial charge in [0.25, 0.3) is 0 Å². The smallest absolute Gasteiger partial charge is 0.115 e. The Balaban J connectivity index is 1.90. The molecule has 0 fully saturated rings. The zero-order valence-corrected chi connectivity index (χ0v) is 12.8. The highest BCUT2D eigenvalue weighted by Crippen LogP contribution is 2.27. The Morgan fingerprint density at radius 2 is 1.22 bits per heavy atom. The summed E-state index contributed by atoms with van der Waals surface area (Å²) in [5.41, 5.74) is 3.36. The minimum atomic E-state index is -0.0220. The Morgan fingerprint density at radius 3 is 1.70 bits per heavy atom. The van der Waals surface area contributed by atoms with Crippen molar-refractivity contribution in [2.75, 3.05) is 0 Å². The van der Waals surface area contributed by atoms with Crippen molar-refractivity contribution in [2.45, 2.75) is 12.6 Å². The maximum Gasteiger partial charge on any atom is 0.115 e. The van der Waals surface area contributed by atoms with E-state index in [1.807, 2.05) is 53.5 Å². The third-order valence-electron chi connectivity index (χ3n) is 3.86. The van der Waals surface area contributed by atoms with Crippen LogP contribution in [0, 0.1) is 0 Å². The van der Waals surface area contributed by atoms with Gasteiger partial charge in [-0.1, -0.05) is 72.8 Å². The van der Waals surface area contributed by atoms with Gasteiger partial charge in [0, 0.05) is 6.54 Å². The molecule has 23 heavy (non-hydrogen) atoms. The first-order valence-corrected chi connectivity index (χ1v) is 7.63. The zero-order chi connectivity index (χ0) is 16.1. The first-order chi connectivity index (χ1) is 11.2. The first kappa shape index (κ1) is 15.3. The van der Waals surface area contributed by atoms with Crippen LogP contribution in [0.3, 0.4) is 0 Å². The molecule has 0 aromatic heterocycles. The number of benzene rings is 3. The molecule has 0 amide bonds. The third-order valence-corrected chi connectivity index (χ3v) is 3.86. The van der Waals surface area contributed by atoms with E-state index in [-0.39, 0.29) is 11.8 Å². The van der Waals surface area contributed by atoms with Crippen LogP contribution in [0.2, 0.25) is 0 Å². The van der Waals surface area contributed by atoms with Crippen LogP contribution in [-0.4, -0.2) is 10.1 Å². The SMILES string of the molecule is NN(Cc1ccc(O)cc1)C(c1ccccc1)c1ccccc1. The van der Waals surface area contributed by atoms with Gasteiger partial charge in [0.15, 0.2) is 0 Å². The number of phenols is 1. The average Bonchev–Trinajstić information content (AvgIpc) is 2.59. The van der Waals surface area contributed by atoms with E-state index < -0.39 is 0 Å². The van der Waals surface area contributed by atoms with E-state index in [4.69, 9.17) is 5.84 Å². The molecule has 3 aromatic carbocycles. The number of nitrogens with zero attached hydrogens (tertiary/aromatic N) is 1. The summed E-state index contributed by atoms with van der Waals surface area (Å²) in [4.78, 5) is 0. The molecule has 3 nitrogen and oxygen atoms in total. The van der Waals surface area contributed by atoms with Gasteiger partial charge >= 0.3 is 0 Å². The lowest BCUT2D eigenvalue weighted by molar-refractivity contribution is 0.222. The minimum Gasteiger partial charge on any atom is -0.508 e. The molecule has 0 heterocycles. The van der Waals surface area contributed by atoms with E-state index in [9.17, 15) is 5.11 Å². The number of hydrazine groups is 1. The molecule has 0 atom stereocenters. The lowest BCUT2D eigenvalue weighted by Crippen LogP contribution is -2.35. The van der Waals surface area contributed by atoms with Gasteiger partial charge in [-0.2, -0.15) is 0 Å². The van der Waals surface area contributed by atoms with Crippen molar-refractivity contribution in [1.29, 1.82) is 0 Å². The highest BCUT2D eigenvalue weighted by atomic mass is 16.3. The standard InChI is InChI=1S/C20H20N2O/c21-22(15-16-11-13-19(23)14-12-16)20(17-7-3-1-4-8-17)18-9-5-2-6-10-18/h1-14,20,23H,15,21H2. The largest absolute Gasteiger partial charge is 0.508 e. The summed E-state index contributed by atoms with van der Waals surface area (Å²) in [7, 11) is 0. The second kappa shape index (κ2) is 7.09. The van der Waals surface area contributed by atoms with Gasteiger partial charge in [0.05, 0.1) is 6.04 Å². The van der Waals surface area contributed by atoms with Gasteiger partial charge in [-0.25, -0.2) is 5.01 Å². The molecular formula is C20H20N2O. The highest BCUT2D eigenvalue weighted by Gasteiger charge is 2.19. The molecule has 0 saturated heterocycles. The second-order valence-electron chi connectivity index (χ2n) is 5.56. The molecule has 0 radical (unpaired) electrons. The molecule has 0 saturated carbocycles. The van der Waals surface area contributed by atoms with Crippen molar-refractivity contribution in [3.8, 4) is 5.75 Å². The average molecular weight is 304 g/mol. The fraction of sp³-hybridized carbons (Fsp3) is 0.100. The van der Waals surface area contributed by atoms with Gasteiger partial charge in [0.2, 0.25) is 0 Å². The van der Waals surface area contributed by atoms with Crippen molar-refractivity contribution in [3.63, 3.8) is 0 Å². The number of phenolic OH excluding ortho intramolecular Hbond substituents is 1. The summed E-state index contributed by atoms with van der Waals surface area (Å²) < 4.78 is 0. The van der Waals surface area contributed by atoms with E-state index in [1.165, 1.54) is 0 Å². The normalized spacial score (nSPS) is 11.1. The summed E-state index contributed by atoms with van der Waals surface area (Å²) in [6.45, 7) is 0.592. The van der Waals surface area contributed by atoms with E-state index in [0.29, 0.717) is 6.54 Å². The van der Waals surface area contributed by atoms with Gasteiger partial charge in [-0.05, 0) is 28.8 Å². The molecule has 3 aromatic rings. The Hall–Kier alpha value is -2.62. The molecule has 3 heteroatoms. The minimum absolute atomic E-state index is 0.0220. The lowest BCUT2D eigenvalue weighted by atomic mass is 9.98. The Bertz CT molecular complexity index is 687. The quantitative estimate of drug-likeness (QED) is 0.556. The number of hydrogen-bond donors (Lipinski definition) is 2. The Kier molecular flexibility index (Phi) is 4.71. The summed E-state index contributed by atoms with van der Waals surface area (Å²) in [6.07, 6.45) is 0. The monoisotopic (exact) mass is 304 g/mol. The number of rotatable bonds is 5. The lowest BCUT2D eigenvalue weighted by Gasteiger charge is -2.28. The fourth-order valence-corrected chi connectivity index (χ4v) is 2.75.